The number of halogens is 1. The van der Waals surface area contributed by atoms with Gasteiger partial charge < -0.3 is 9.84 Å². The molecule has 1 aromatic heterocycles. The lowest BCUT2D eigenvalue weighted by molar-refractivity contribution is 0.0696. The van der Waals surface area contributed by atoms with Crippen LogP contribution < -0.4 is 4.74 Å². The molecule has 100 valence electrons. The minimum atomic E-state index is -0.958. The van der Waals surface area contributed by atoms with Gasteiger partial charge >= 0.3 is 5.97 Å². The van der Waals surface area contributed by atoms with E-state index < -0.39 is 5.97 Å². The van der Waals surface area contributed by atoms with Crippen LogP contribution in [0.4, 0.5) is 0 Å². The first-order valence-electron chi connectivity index (χ1n) is 5.77. The van der Waals surface area contributed by atoms with E-state index in [1.54, 1.807) is 18.3 Å². The molecular formula is C13H13IN2O3. The standard InChI is InChI=1S/C13H13IN2O3/c1-2-16-7-9(6-15-16)8-19-12-5-10(13(17)18)3-4-11(12)14/h3-7H,2,8H2,1H3,(H,17,18). The van der Waals surface area contributed by atoms with E-state index >= 15 is 0 Å². The van der Waals surface area contributed by atoms with Gasteiger partial charge in [-0.1, -0.05) is 0 Å². The zero-order chi connectivity index (χ0) is 13.8. The van der Waals surface area contributed by atoms with Crippen molar-refractivity contribution in [1.29, 1.82) is 0 Å². The first kappa shape index (κ1) is 13.9. The fourth-order valence-electron chi connectivity index (χ4n) is 1.56. The molecule has 0 amide bonds. The molecule has 0 saturated carbocycles. The van der Waals surface area contributed by atoms with Gasteiger partial charge in [-0.2, -0.15) is 5.10 Å². The average Bonchev–Trinajstić information content (AvgIpc) is 2.85. The summed E-state index contributed by atoms with van der Waals surface area (Å²) in [5.74, 6) is -0.384. The number of aryl methyl sites for hydroxylation is 1. The van der Waals surface area contributed by atoms with Crippen molar-refractivity contribution in [1.82, 2.24) is 9.78 Å². The lowest BCUT2D eigenvalue weighted by Gasteiger charge is -2.07. The van der Waals surface area contributed by atoms with Crippen molar-refractivity contribution < 1.29 is 14.6 Å². The highest BCUT2D eigenvalue weighted by Gasteiger charge is 2.08. The Morgan fingerprint density at radius 1 is 1.53 bits per heavy atom. The molecule has 6 heteroatoms. The number of benzene rings is 1. The fraction of sp³-hybridized carbons (Fsp3) is 0.231. The molecule has 1 N–H and O–H groups in total. The Bertz CT molecular complexity index is 595. The second-order valence-electron chi connectivity index (χ2n) is 3.94. The maximum Gasteiger partial charge on any atom is 0.335 e. The monoisotopic (exact) mass is 372 g/mol. The Hall–Kier alpha value is -1.57. The zero-order valence-corrected chi connectivity index (χ0v) is 12.5. The number of carboxylic acids is 1. The van der Waals surface area contributed by atoms with E-state index in [1.165, 1.54) is 6.07 Å². The largest absolute Gasteiger partial charge is 0.488 e. The normalized spacial score (nSPS) is 10.4. The van der Waals surface area contributed by atoms with Crippen molar-refractivity contribution in [2.75, 3.05) is 0 Å². The number of hydrogen-bond acceptors (Lipinski definition) is 3. The molecule has 0 fully saturated rings. The van der Waals surface area contributed by atoms with E-state index in [-0.39, 0.29) is 5.56 Å². The summed E-state index contributed by atoms with van der Waals surface area (Å²) in [5.41, 5.74) is 1.18. The molecule has 1 aromatic carbocycles. The number of carbonyl (C=O) groups is 1. The number of hydrogen-bond donors (Lipinski definition) is 1. The minimum absolute atomic E-state index is 0.222. The lowest BCUT2D eigenvalue weighted by atomic mass is 10.2. The maximum atomic E-state index is 10.9. The third-order valence-corrected chi connectivity index (χ3v) is 3.47. The molecule has 0 aliphatic heterocycles. The van der Waals surface area contributed by atoms with Crippen LogP contribution in [0.15, 0.2) is 30.6 Å². The zero-order valence-electron chi connectivity index (χ0n) is 10.3. The number of aromatic nitrogens is 2. The van der Waals surface area contributed by atoms with Crippen LogP contribution >= 0.6 is 22.6 Å². The number of aromatic carboxylic acids is 1. The Labute approximate surface area is 124 Å². The molecule has 0 bridgehead atoms. The van der Waals surface area contributed by atoms with Gasteiger partial charge in [0, 0.05) is 18.3 Å². The second kappa shape index (κ2) is 6.05. The van der Waals surface area contributed by atoms with E-state index in [4.69, 9.17) is 9.84 Å². The van der Waals surface area contributed by atoms with E-state index in [2.05, 4.69) is 27.7 Å². The third-order valence-electron chi connectivity index (χ3n) is 2.58. The molecule has 0 aliphatic carbocycles. The molecule has 2 aromatic rings. The van der Waals surface area contributed by atoms with E-state index in [9.17, 15) is 4.79 Å². The van der Waals surface area contributed by atoms with Gasteiger partial charge in [0.1, 0.15) is 12.4 Å². The van der Waals surface area contributed by atoms with Crippen LogP contribution in [-0.4, -0.2) is 20.9 Å². The minimum Gasteiger partial charge on any atom is -0.488 e. The van der Waals surface area contributed by atoms with E-state index in [0.29, 0.717) is 12.4 Å². The van der Waals surface area contributed by atoms with Crippen LogP contribution in [0.5, 0.6) is 5.75 Å². The van der Waals surface area contributed by atoms with Gasteiger partial charge in [0.2, 0.25) is 0 Å². The summed E-state index contributed by atoms with van der Waals surface area (Å²) in [5, 5.41) is 13.1. The lowest BCUT2D eigenvalue weighted by Crippen LogP contribution is -2.00. The molecular weight excluding hydrogens is 359 g/mol. The van der Waals surface area contributed by atoms with Crippen molar-refractivity contribution in [3.8, 4) is 5.75 Å². The van der Waals surface area contributed by atoms with E-state index in [1.807, 2.05) is 17.8 Å². The number of nitrogens with zero attached hydrogens (tertiary/aromatic N) is 2. The third kappa shape index (κ3) is 3.46. The van der Waals surface area contributed by atoms with Crippen LogP contribution in [0, 0.1) is 3.57 Å². The maximum absolute atomic E-state index is 10.9. The average molecular weight is 372 g/mol. The van der Waals surface area contributed by atoms with Gasteiger partial charge in [-0.05, 0) is 47.7 Å². The van der Waals surface area contributed by atoms with Crippen LogP contribution in [0.3, 0.4) is 0 Å². The first-order valence-corrected chi connectivity index (χ1v) is 6.85. The van der Waals surface area contributed by atoms with Crippen molar-refractivity contribution in [3.63, 3.8) is 0 Å². The van der Waals surface area contributed by atoms with E-state index in [0.717, 1.165) is 15.7 Å². The molecule has 0 aliphatic rings. The van der Waals surface area contributed by atoms with Crippen molar-refractivity contribution in [3.05, 3.63) is 45.3 Å². The number of rotatable bonds is 5. The topological polar surface area (TPSA) is 64.3 Å². The number of carboxylic acid groups (broad SMARTS) is 1. The summed E-state index contributed by atoms with van der Waals surface area (Å²) >= 11 is 2.12. The summed E-state index contributed by atoms with van der Waals surface area (Å²) in [6.45, 7) is 3.20. The fourth-order valence-corrected chi connectivity index (χ4v) is 2.05. The molecule has 1 heterocycles. The summed E-state index contributed by atoms with van der Waals surface area (Å²) in [7, 11) is 0. The molecule has 0 saturated heterocycles. The SMILES string of the molecule is CCn1cc(COc2cc(C(=O)O)ccc2I)cn1. The molecule has 0 spiro atoms. The summed E-state index contributed by atoms with van der Waals surface area (Å²) < 4.78 is 8.34. The van der Waals surface area contributed by atoms with Gasteiger partial charge in [-0.15, -0.1) is 0 Å². The summed E-state index contributed by atoms with van der Waals surface area (Å²) in [4.78, 5) is 10.9. The smallest absolute Gasteiger partial charge is 0.335 e. The van der Waals surface area contributed by atoms with Gasteiger partial charge in [-0.25, -0.2) is 4.79 Å². The Morgan fingerprint density at radius 2 is 2.32 bits per heavy atom. The van der Waals surface area contributed by atoms with Crippen molar-refractivity contribution >= 4 is 28.6 Å². The summed E-state index contributed by atoms with van der Waals surface area (Å²) in [6.07, 6.45) is 3.66. The highest BCUT2D eigenvalue weighted by Crippen LogP contribution is 2.23. The first-order chi connectivity index (χ1) is 9.10. The Kier molecular flexibility index (Phi) is 4.41. The predicted molar refractivity (Wildman–Crippen MR) is 78.4 cm³/mol. The van der Waals surface area contributed by atoms with Crippen molar-refractivity contribution in [2.45, 2.75) is 20.1 Å². The highest BCUT2D eigenvalue weighted by atomic mass is 127. The second-order valence-corrected chi connectivity index (χ2v) is 5.11. The Morgan fingerprint density at radius 3 is 2.95 bits per heavy atom. The Balaban J connectivity index is 2.10. The molecule has 2 rings (SSSR count). The van der Waals surface area contributed by atoms with Crippen LogP contribution in [0.25, 0.3) is 0 Å². The molecule has 19 heavy (non-hydrogen) atoms. The van der Waals surface area contributed by atoms with Crippen LogP contribution in [0.2, 0.25) is 0 Å². The predicted octanol–water partition coefficient (Wildman–Crippen LogP) is 2.78. The summed E-state index contributed by atoms with van der Waals surface area (Å²) in [6, 6.07) is 4.83. The molecule has 5 nitrogen and oxygen atoms in total. The van der Waals surface area contributed by atoms with Crippen LogP contribution in [-0.2, 0) is 13.2 Å². The highest BCUT2D eigenvalue weighted by molar-refractivity contribution is 14.1. The van der Waals surface area contributed by atoms with Crippen molar-refractivity contribution in [2.24, 2.45) is 0 Å². The van der Waals surface area contributed by atoms with Gasteiger partial charge in [0.05, 0.1) is 15.3 Å². The number of ether oxygens (including phenoxy) is 1. The quantitative estimate of drug-likeness (QED) is 0.820. The van der Waals surface area contributed by atoms with Gasteiger partial charge in [0.15, 0.2) is 0 Å². The molecule has 0 unspecified atom stereocenters. The van der Waals surface area contributed by atoms with Gasteiger partial charge in [-0.3, -0.25) is 4.68 Å². The van der Waals surface area contributed by atoms with Crippen LogP contribution in [0.1, 0.15) is 22.8 Å². The molecule has 0 atom stereocenters. The van der Waals surface area contributed by atoms with Gasteiger partial charge in [0.25, 0.3) is 0 Å². The molecule has 0 radical (unpaired) electrons.